The lowest BCUT2D eigenvalue weighted by Gasteiger charge is -2.12. The van der Waals surface area contributed by atoms with Crippen LogP contribution in [0, 0.1) is 0 Å². The summed E-state index contributed by atoms with van der Waals surface area (Å²) in [7, 11) is 3.99. The standard InChI is InChI=1S/C15H14N4O.C2HF3O2/c1-19(2)13-7-3-5-11(9-13)14-17-18-15(20-14)12-6-4-8-16-10-12;3-2(4,5)1(6)7/h3-10H,1-2H3;(H,6,7). The summed E-state index contributed by atoms with van der Waals surface area (Å²) in [6, 6.07) is 11.7. The Kier molecular flexibility index (Phi) is 6.11. The predicted molar refractivity (Wildman–Crippen MR) is 91.0 cm³/mol. The third-order valence-electron chi connectivity index (χ3n) is 3.19. The van der Waals surface area contributed by atoms with Crippen molar-refractivity contribution in [2.45, 2.75) is 6.18 Å². The summed E-state index contributed by atoms with van der Waals surface area (Å²) in [5.41, 5.74) is 2.80. The molecule has 0 fully saturated rings. The second-order valence-electron chi connectivity index (χ2n) is 5.40. The summed E-state index contributed by atoms with van der Waals surface area (Å²) in [6.07, 6.45) is -1.67. The van der Waals surface area contributed by atoms with Crippen LogP contribution in [0.25, 0.3) is 22.9 Å². The van der Waals surface area contributed by atoms with Crippen molar-refractivity contribution in [1.29, 1.82) is 0 Å². The number of hydrogen-bond acceptors (Lipinski definition) is 6. The zero-order chi connectivity index (χ0) is 20.0. The average molecular weight is 380 g/mol. The van der Waals surface area contributed by atoms with Crippen LogP contribution in [-0.4, -0.2) is 46.5 Å². The lowest BCUT2D eigenvalue weighted by Crippen LogP contribution is -2.21. The normalized spacial score (nSPS) is 10.7. The zero-order valence-corrected chi connectivity index (χ0v) is 14.3. The second-order valence-corrected chi connectivity index (χ2v) is 5.40. The first-order chi connectivity index (χ1) is 12.7. The average Bonchev–Trinajstić information content (AvgIpc) is 3.12. The van der Waals surface area contributed by atoms with Gasteiger partial charge in [0.25, 0.3) is 0 Å². The maximum Gasteiger partial charge on any atom is 0.490 e. The highest BCUT2D eigenvalue weighted by Gasteiger charge is 2.38. The number of halogens is 3. The lowest BCUT2D eigenvalue weighted by atomic mass is 10.2. The fraction of sp³-hybridized carbons (Fsp3) is 0.176. The molecule has 142 valence electrons. The van der Waals surface area contributed by atoms with Crippen LogP contribution in [0.15, 0.2) is 53.2 Å². The van der Waals surface area contributed by atoms with Gasteiger partial charge >= 0.3 is 12.1 Å². The Bertz CT molecular complexity index is 896. The number of carboxylic acid groups (broad SMARTS) is 1. The fourth-order valence-corrected chi connectivity index (χ4v) is 1.86. The van der Waals surface area contributed by atoms with Gasteiger partial charge in [-0.3, -0.25) is 4.98 Å². The van der Waals surface area contributed by atoms with Crippen molar-refractivity contribution in [2.75, 3.05) is 19.0 Å². The number of carbonyl (C=O) groups is 1. The molecule has 0 radical (unpaired) electrons. The molecule has 0 spiro atoms. The van der Waals surface area contributed by atoms with Gasteiger partial charge < -0.3 is 14.4 Å². The van der Waals surface area contributed by atoms with Crippen LogP contribution in [0.2, 0.25) is 0 Å². The molecule has 1 N–H and O–H groups in total. The van der Waals surface area contributed by atoms with Crippen LogP contribution in [0.3, 0.4) is 0 Å². The van der Waals surface area contributed by atoms with Crippen molar-refractivity contribution in [3.63, 3.8) is 0 Å². The number of rotatable bonds is 3. The van der Waals surface area contributed by atoms with E-state index < -0.39 is 12.1 Å². The number of benzene rings is 1. The van der Waals surface area contributed by atoms with Crippen LogP contribution >= 0.6 is 0 Å². The minimum Gasteiger partial charge on any atom is -0.475 e. The molecule has 0 saturated heterocycles. The highest BCUT2D eigenvalue weighted by molar-refractivity contribution is 5.73. The van der Waals surface area contributed by atoms with E-state index in [0.29, 0.717) is 11.8 Å². The number of carboxylic acids is 1. The van der Waals surface area contributed by atoms with Crippen molar-refractivity contribution in [2.24, 2.45) is 0 Å². The van der Waals surface area contributed by atoms with E-state index >= 15 is 0 Å². The molecule has 0 aliphatic rings. The third-order valence-corrected chi connectivity index (χ3v) is 3.19. The van der Waals surface area contributed by atoms with Gasteiger partial charge in [-0.2, -0.15) is 13.2 Å². The number of nitrogens with zero attached hydrogens (tertiary/aromatic N) is 4. The molecule has 1 aromatic carbocycles. The van der Waals surface area contributed by atoms with Crippen LogP contribution in [0.1, 0.15) is 0 Å². The molecule has 10 heteroatoms. The number of pyridine rings is 1. The Morgan fingerprint density at radius 1 is 1.07 bits per heavy atom. The predicted octanol–water partition coefficient (Wildman–Crippen LogP) is 3.50. The Labute approximate surface area is 152 Å². The van der Waals surface area contributed by atoms with E-state index in [1.807, 2.05) is 55.4 Å². The van der Waals surface area contributed by atoms with E-state index in [1.165, 1.54) is 0 Å². The summed E-state index contributed by atoms with van der Waals surface area (Å²) in [6.45, 7) is 0. The van der Waals surface area contributed by atoms with E-state index in [1.54, 1.807) is 12.4 Å². The molecule has 27 heavy (non-hydrogen) atoms. The van der Waals surface area contributed by atoms with E-state index in [2.05, 4.69) is 15.2 Å². The summed E-state index contributed by atoms with van der Waals surface area (Å²) < 4.78 is 37.4. The summed E-state index contributed by atoms with van der Waals surface area (Å²) >= 11 is 0. The first-order valence-electron chi connectivity index (χ1n) is 7.50. The third kappa shape index (κ3) is 5.53. The summed E-state index contributed by atoms with van der Waals surface area (Å²) in [5, 5.41) is 15.3. The number of aromatic nitrogens is 3. The molecule has 0 aliphatic heterocycles. The Morgan fingerprint density at radius 2 is 1.67 bits per heavy atom. The second kappa shape index (κ2) is 8.30. The quantitative estimate of drug-likeness (QED) is 0.743. The summed E-state index contributed by atoms with van der Waals surface area (Å²) in [4.78, 5) is 15.0. The van der Waals surface area contributed by atoms with Gasteiger partial charge in [0.2, 0.25) is 11.8 Å². The molecule has 3 rings (SSSR count). The molecule has 3 aromatic rings. The van der Waals surface area contributed by atoms with Gasteiger partial charge in [-0.1, -0.05) is 6.07 Å². The number of anilines is 1. The van der Waals surface area contributed by atoms with E-state index in [4.69, 9.17) is 14.3 Å². The van der Waals surface area contributed by atoms with Crippen LogP contribution in [0.5, 0.6) is 0 Å². The molecule has 0 atom stereocenters. The molecule has 0 bridgehead atoms. The van der Waals surface area contributed by atoms with Crippen LogP contribution in [0.4, 0.5) is 18.9 Å². The molecule has 2 aromatic heterocycles. The van der Waals surface area contributed by atoms with Gasteiger partial charge in [0.05, 0.1) is 5.56 Å². The maximum atomic E-state index is 10.6. The lowest BCUT2D eigenvalue weighted by molar-refractivity contribution is -0.192. The Hall–Kier alpha value is -3.43. The molecule has 7 nitrogen and oxygen atoms in total. The largest absolute Gasteiger partial charge is 0.490 e. The van der Waals surface area contributed by atoms with Crippen molar-refractivity contribution in [3.05, 3.63) is 48.8 Å². The van der Waals surface area contributed by atoms with Crippen molar-refractivity contribution >= 4 is 11.7 Å². The smallest absolute Gasteiger partial charge is 0.475 e. The number of alkyl halides is 3. The Morgan fingerprint density at radius 3 is 2.19 bits per heavy atom. The number of aliphatic carboxylic acids is 1. The molecule has 2 heterocycles. The topological polar surface area (TPSA) is 92.4 Å². The molecule has 0 aliphatic carbocycles. The number of hydrogen-bond donors (Lipinski definition) is 1. The first-order valence-corrected chi connectivity index (χ1v) is 7.50. The fourth-order valence-electron chi connectivity index (χ4n) is 1.86. The minimum atomic E-state index is -5.08. The van der Waals surface area contributed by atoms with Gasteiger partial charge in [-0.05, 0) is 30.3 Å². The zero-order valence-electron chi connectivity index (χ0n) is 14.3. The van der Waals surface area contributed by atoms with Crippen molar-refractivity contribution in [1.82, 2.24) is 15.2 Å². The molecular weight excluding hydrogens is 365 g/mol. The first kappa shape index (κ1) is 19.9. The molecule has 0 amide bonds. The van der Waals surface area contributed by atoms with E-state index in [9.17, 15) is 13.2 Å². The molecule has 0 saturated carbocycles. The van der Waals surface area contributed by atoms with E-state index in [0.717, 1.165) is 16.8 Å². The Balaban J connectivity index is 0.000000321. The van der Waals surface area contributed by atoms with Gasteiger partial charge in [-0.25, -0.2) is 4.79 Å². The highest BCUT2D eigenvalue weighted by atomic mass is 19.4. The van der Waals surface area contributed by atoms with Gasteiger partial charge in [0, 0.05) is 37.7 Å². The van der Waals surface area contributed by atoms with Crippen LogP contribution in [-0.2, 0) is 4.79 Å². The van der Waals surface area contributed by atoms with E-state index in [-0.39, 0.29) is 0 Å². The van der Waals surface area contributed by atoms with Crippen molar-refractivity contribution < 1.29 is 27.5 Å². The van der Waals surface area contributed by atoms with Crippen molar-refractivity contribution in [3.8, 4) is 22.9 Å². The van der Waals surface area contributed by atoms with Gasteiger partial charge in [0.15, 0.2) is 0 Å². The highest BCUT2D eigenvalue weighted by Crippen LogP contribution is 2.25. The molecular formula is C17H15F3N4O3. The SMILES string of the molecule is CN(C)c1cccc(-c2nnc(-c3cccnc3)o2)c1.O=C(O)C(F)(F)F. The monoisotopic (exact) mass is 380 g/mol. The van der Waals surface area contributed by atoms with Crippen LogP contribution < -0.4 is 4.90 Å². The van der Waals surface area contributed by atoms with Gasteiger partial charge in [0.1, 0.15) is 0 Å². The van der Waals surface area contributed by atoms with Gasteiger partial charge in [-0.15, -0.1) is 10.2 Å². The minimum absolute atomic E-state index is 0.475. The maximum absolute atomic E-state index is 10.6. The summed E-state index contributed by atoms with van der Waals surface area (Å²) in [5.74, 6) is -1.77. The molecule has 0 unspecified atom stereocenters.